The molecule has 0 unspecified atom stereocenters. The number of hydrogen-bond donors (Lipinski definition) is 1. The molecular weight excluding hydrogens is 246 g/mol. The minimum Gasteiger partial charge on any atom is -0.481 e. The van der Waals surface area contributed by atoms with Gasteiger partial charge < -0.3 is 14.8 Å². The highest BCUT2D eigenvalue weighted by atomic mass is 16.5. The van der Waals surface area contributed by atoms with Crippen molar-refractivity contribution in [2.45, 2.75) is 20.0 Å². The maximum atomic E-state index is 5.21. The molecule has 19 heavy (non-hydrogen) atoms. The molecule has 0 fully saturated rings. The Hall–Kier alpha value is -2.31. The van der Waals surface area contributed by atoms with E-state index in [4.69, 9.17) is 9.47 Å². The van der Waals surface area contributed by atoms with Crippen LogP contribution in [0.2, 0.25) is 0 Å². The van der Waals surface area contributed by atoms with Crippen molar-refractivity contribution in [1.82, 2.24) is 19.7 Å². The van der Waals surface area contributed by atoms with Gasteiger partial charge in [0, 0.05) is 12.7 Å². The highest BCUT2D eigenvalue weighted by molar-refractivity contribution is 5.43. The topological polar surface area (TPSA) is 74.1 Å². The van der Waals surface area contributed by atoms with Gasteiger partial charge in [0.15, 0.2) is 0 Å². The number of methoxy groups -OCH3 is 2. The van der Waals surface area contributed by atoms with Crippen molar-refractivity contribution in [2.75, 3.05) is 19.5 Å². The SMILES string of the molecule is CCn1cc(NCc2c(OC)ncnc2OC)cn1. The number of nitrogens with one attached hydrogen (secondary N) is 1. The molecule has 0 aromatic carbocycles. The fourth-order valence-electron chi connectivity index (χ4n) is 1.70. The maximum Gasteiger partial charge on any atom is 0.225 e. The van der Waals surface area contributed by atoms with E-state index in [0.29, 0.717) is 18.3 Å². The first-order valence-corrected chi connectivity index (χ1v) is 5.96. The number of ether oxygens (including phenoxy) is 2. The van der Waals surface area contributed by atoms with Crippen LogP contribution in [0.5, 0.6) is 11.8 Å². The summed E-state index contributed by atoms with van der Waals surface area (Å²) in [5, 5.41) is 7.43. The molecule has 0 atom stereocenters. The summed E-state index contributed by atoms with van der Waals surface area (Å²) in [6.07, 6.45) is 5.12. The molecule has 2 heterocycles. The molecule has 0 radical (unpaired) electrons. The fourth-order valence-corrected chi connectivity index (χ4v) is 1.70. The molecule has 2 aromatic heterocycles. The molecular formula is C12H17N5O2. The quantitative estimate of drug-likeness (QED) is 0.847. The lowest BCUT2D eigenvalue weighted by molar-refractivity contribution is 0.363. The van der Waals surface area contributed by atoms with Crippen LogP contribution in [0.25, 0.3) is 0 Å². The summed E-state index contributed by atoms with van der Waals surface area (Å²) >= 11 is 0. The fraction of sp³-hybridized carbons (Fsp3) is 0.417. The zero-order valence-electron chi connectivity index (χ0n) is 11.3. The molecule has 0 amide bonds. The van der Waals surface area contributed by atoms with Crippen molar-refractivity contribution in [3.05, 3.63) is 24.3 Å². The van der Waals surface area contributed by atoms with Crippen molar-refractivity contribution in [2.24, 2.45) is 0 Å². The Morgan fingerprint density at radius 3 is 2.42 bits per heavy atom. The number of aromatic nitrogens is 4. The monoisotopic (exact) mass is 263 g/mol. The molecule has 0 bridgehead atoms. The predicted molar refractivity (Wildman–Crippen MR) is 70.4 cm³/mol. The lowest BCUT2D eigenvalue weighted by atomic mass is 10.3. The van der Waals surface area contributed by atoms with Gasteiger partial charge in [0.05, 0.1) is 38.2 Å². The van der Waals surface area contributed by atoms with Crippen molar-refractivity contribution >= 4 is 5.69 Å². The normalized spacial score (nSPS) is 10.3. The molecule has 0 spiro atoms. The summed E-state index contributed by atoms with van der Waals surface area (Å²) in [7, 11) is 3.14. The second-order valence-corrected chi connectivity index (χ2v) is 3.81. The summed E-state index contributed by atoms with van der Waals surface area (Å²) < 4.78 is 12.3. The lowest BCUT2D eigenvalue weighted by Gasteiger charge is -2.11. The van der Waals surface area contributed by atoms with Gasteiger partial charge in [0.2, 0.25) is 11.8 Å². The van der Waals surface area contributed by atoms with Crippen molar-refractivity contribution < 1.29 is 9.47 Å². The number of rotatable bonds is 6. The van der Waals surface area contributed by atoms with E-state index >= 15 is 0 Å². The van der Waals surface area contributed by atoms with E-state index in [1.54, 1.807) is 20.4 Å². The van der Waals surface area contributed by atoms with Crippen LogP contribution in [0.15, 0.2) is 18.7 Å². The molecule has 1 N–H and O–H groups in total. The van der Waals surface area contributed by atoms with E-state index in [1.807, 2.05) is 17.8 Å². The Morgan fingerprint density at radius 1 is 1.21 bits per heavy atom. The minimum absolute atomic E-state index is 0.502. The van der Waals surface area contributed by atoms with Crippen LogP contribution in [-0.4, -0.2) is 34.0 Å². The van der Waals surface area contributed by atoms with Crippen molar-refractivity contribution in [3.63, 3.8) is 0 Å². The van der Waals surface area contributed by atoms with Crippen LogP contribution >= 0.6 is 0 Å². The Labute approximate surface area is 111 Å². The van der Waals surface area contributed by atoms with E-state index < -0.39 is 0 Å². The van der Waals surface area contributed by atoms with Crippen LogP contribution in [0.4, 0.5) is 5.69 Å². The number of anilines is 1. The van der Waals surface area contributed by atoms with Gasteiger partial charge in [-0.3, -0.25) is 4.68 Å². The third-order valence-corrected chi connectivity index (χ3v) is 2.68. The number of nitrogens with zero attached hydrogens (tertiary/aromatic N) is 4. The zero-order valence-corrected chi connectivity index (χ0v) is 11.3. The third kappa shape index (κ3) is 2.93. The van der Waals surface area contributed by atoms with Crippen molar-refractivity contribution in [1.29, 1.82) is 0 Å². The summed E-state index contributed by atoms with van der Waals surface area (Å²) in [5.41, 5.74) is 1.70. The van der Waals surface area contributed by atoms with E-state index in [0.717, 1.165) is 17.8 Å². The summed E-state index contributed by atoms with van der Waals surface area (Å²) in [5.74, 6) is 1.00. The molecule has 0 aliphatic heterocycles. The highest BCUT2D eigenvalue weighted by Crippen LogP contribution is 2.24. The predicted octanol–water partition coefficient (Wildman–Crippen LogP) is 1.32. The van der Waals surface area contributed by atoms with E-state index in [9.17, 15) is 0 Å². The van der Waals surface area contributed by atoms with Crippen LogP contribution in [0.1, 0.15) is 12.5 Å². The average molecular weight is 263 g/mol. The minimum atomic E-state index is 0.502. The maximum absolute atomic E-state index is 5.21. The van der Waals surface area contributed by atoms with Gasteiger partial charge in [0.1, 0.15) is 6.33 Å². The number of hydrogen-bond acceptors (Lipinski definition) is 6. The standard InChI is InChI=1S/C12H17N5O2/c1-4-17-7-9(5-16-17)13-6-10-11(18-2)14-8-15-12(10)19-3/h5,7-8,13H,4,6H2,1-3H3. The third-order valence-electron chi connectivity index (χ3n) is 2.68. The zero-order chi connectivity index (χ0) is 13.7. The molecule has 0 saturated heterocycles. The summed E-state index contributed by atoms with van der Waals surface area (Å²) in [4.78, 5) is 8.13. The molecule has 7 heteroatoms. The summed E-state index contributed by atoms with van der Waals surface area (Å²) in [6.45, 7) is 3.37. The first-order chi connectivity index (χ1) is 9.28. The Morgan fingerprint density at radius 2 is 1.89 bits per heavy atom. The Bertz CT molecular complexity index is 518. The van der Waals surface area contributed by atoms with E-state index in [2.05, 4.69) is 20.4 Å². The van der Waals surface area contributed by atoms with E-state index in [-0.39, 0.29) is 0 Å². The van der Waals surface area contributed by atoms with Gasteiger partial charge in [-0.2, -0.15) is 5.10 Å². The van der Waals surface area contributed by atoms with Gasteiger partial charge >= 0.3 is 0 Å². The van der Waals surface area contributed by atoms with Gasteiger partial charge in [-0.25, -0.2) is 9.97 Å². The second-order valence-electron chi connectivity index (χ2n) is 3.81. The first kappa shape index (κ1) is 13.1. The van der Waals surface area contributed by atoms with Gasteiger partial charge in [-0.1, -0.05) is 0 Å². The Kier molecular flexibility index (Phi) is 4.17. The van der Waals surface area contributed by atoms with Crippen molar-refractivity contribution in [3.8, 4) is 11.8 Å². The molecule has 7 nitrogen and oxygen atoms in total. The molecule has 2 aromatic rings. The lowest BCUT2D eigenvalue weighted by Crippen LogP contribution is -2.06. The van der Waals surface area contributed by atoms with Gasteiger partial charge in [-0.05, 0) is 6.92 Å². The smallest absolute Gasteiger partial charge is 0.225 e. The van der Waals surface area contributed by atoms with Crippen LogP contribution in [-0.2, 0) is 13.1 Å². The van der Waals surface area contributed by atoms with Crippen LogP contribution in [0, 0.1) is 0 Å². The highest BCUT2D eigenvalue weighted by Gasteiger charge is 2.12. The van der Waals surface area contributed by atoms with Crippen LogP contribution in [0.3, 0.4) is 0 Å². The molecule has 0 aliphatic carbocycles. The number of aryl methyl sites for hydroxylation is 1. The average Bonchev–Trinajstić information content (AvgIpc) is 2.92. The molecule has 102 valence electrons. The Balaban J connectivity index is 2.13. The van der Waals surface area contributed by atoms with Crippen LogP contribution < -0.4 is 14.8 Å². The summed E-state index contributed by atoms with van der Waals surface area (Å²) in [6, 6.07) is 0. The van der Waals surface area contributed by atoms with Gasteiger partial charge in [0.25, 0.3) is 0 Å². The molecule has 0 saturated carbocycles. The van der Waals surface area contributed by atoms with Gasteiger partial charge in [-0.15, -0.1) is 0 Å². The second kappa shape index (κ2) is 6.03. The largest absolute Gasteiger partial charge is 0.481 e. The molecule has 2 rings (SSSR count). The molecule has 0 aliphatic rings. The van der Waals surface area contributed by atoms with E-state index in [1.165, 1.54) is 6.33 Å². The first-order valence-electron chi connectivity index (χ1n) is 5.96.